The SMILES string of the molecule is CC(C)(C)OC(=O)N1CC[C@H](Nc2nc3ccccc3[nH]2)C1. The van der Waals surface area contributed by atoms with Gasteiger partial charge in [-0.25, -0.2) is 9.78 Å². The van der Waals surface area contributed by atoms with Crippen molar-refractivity contribution in [1.29, 1.82) is 0 Å². The third-order valence-corrected chi connectivity index (χ3v) is 3.57. The fourth-order valence-corrected chi connectivity index (χ4v) is 2.58. The average molecular weight is 302 g/mol. The first-order valence-electron chi connectivity index (χ1n) is 7.60. The van der Waals surface area contributed by atoms with E-state index in [2.05, 4.69) is 15.3 Å². The zero-order valence-corrected chi connectivity index (χ0v) is 13.2. The van der Waals surface area contributed by atoms with Crippen LogP contribution in [0.5, 0.6) is 0 Å². The molecule has 2 aromatic rings. The Balaban J connectivity index is 1.60. The van der Waals surface area contributed by atoms with Crippen molar-refractivity contribution in [3.63, 3.8) is 0 Å². The molecule has 0 spiro atoms. The zero-order chi connectivity index (χ0) is 15.7. The summed E-state index contributed by atoms with van der Waals surface area (Å²) in [6.45, 7) is 6.97. The lowest BCUT2D eigenvalue weighted by molar-refractivity contribution is 0.0293. The quantitative estimate of drug-likeness (QED) is 0.894. The number of rotatable bonds is 2. The highest BCUT2D eigenvalue weighted by molar-refractivity contribution is 5.77. The molecule has 1 aromatic heterocycles. The standard InChI is InChI=1S/C16H22N4O2/c1-16(2,3)22-15(21)20-9-8-11(10-20)17-14-18-12-6-4-5-7-13(12)19-14/h4-7,11H,8-10H2,1-3H3,(H2,17,18,19)/t11-/m0/s1. The number of carbonyl (C=O) groups excluding carboxylic acids is 1. The molecular weight excluding hydrogens is 280 g/mol. The number of likely N-dealkylation sites (tertiary alicyclic amines) is 1. The van der Waals surface area contributed by atoms with Crippen LogP contribution in [0.2, 0.25) is 0 Å². The average Bonchev–Trinajstić information content (AvgIpc) is 3.02. The molecule has 0 bridgehead atoms. The molecule has 0 unspecified atom stereocenters. The number of nitrogens with one attached hydrogen (secondary N) is 2. The Kier molecular flexibility index (Phi) is 3.68. The minimum Gasteiger partial charge on any atom is -0.444 e. The number of H-pyrrole nitrogens is 1. The molecule has 2 heterocycles. The fraction of sp³-hybridized carbons (Fsp3) is 0.500. The minimum absolute atomic E-state index is 0.188. The number of carbonyl (C=O) groups is 1. The summed E-state index contributed by atoms with van der Waals surface area (Å²) < 4.78 is 5.40. The van der Waals surface area contributed by atoms with Gasteiger partial charge in [-0.3, -0.25) is 0 Å². The van der Waals surface area contributed by atoms with E-state index in [0.717, 1.165) is 23.4 Å². The number of aromatic amines is 1. The summed E-state index contributed by atoms with van der Waals surface area (Å²) in [5, 5.41) is 3.36. The van der Waals surface area contributed by atoms with Gasteiger partial charge in [-0.2, -0.15) is 0 Å². The maximum absolute atomic E-state index is 12.1. The minimum atomic E-state index is -0.457. The van der Waals surface area contributed by atoms with E-state index in [9.17, 15) is 4.79 Å². The number of ether oxygens (including phenoxy) is 1. The molecule has 1 fully saturated rings. The van der Waals surface area contributed by atoms with E-state index < -0.39 is 5.60 Å². The number of hydrogen-bond acceptors (Lipinski definition) is 4. The van der Waals surface area contributed by atoms with E-state index in [-0.39, 0.29) is 12.1 Å². The fourth-order valence-electron chi connectivity index (χ4n) is 2.58. The van der Waals surface area contributed by atoms with Crippen molar-refractivity contribution < 1.29 is 9.53 Å². The number of fused-ring (bicyclic) bond motifs is 1. The van der Waals surface area contributed by atoms with Crippen LogP contribution in [0.15, 0.2) is 24.3 Å². The van der Waals surface area contributed by atoms with Gasteiger partial charge in [0.1, 0.15) is 5.60 Å². The highest BCUT2D eigenvalue weighted by Crippen LogP contribution is 2.19. The molecule has 1 saturated heterocycles. The first-order chi connectivity index (χ1) is 10.4. The van der Waals surface area contributed by atoms with Gasteiger partial charge >= 0.3 is 6.09 Å². The molecule has 118 valence electrons. The van der Waals surface area contributed by atoms with E-state index in [1.54, 1.807) is 4.90 Å². The van der Waals surface area contributed by atoms with Gasteiger partial charge in [0.05, 0.1) is 11.0 Å². The highest BCUT2D eigenvalue weighted by Gasteiger charge is 2.30. The van der Waals surface area contributed by atoms with Gasteiger partial charge in [0.2, 0.25) is 5.95 Å². The number of nitrogens with zero attached hydrogens (tertiary/aromatic N) is 2. The molecule has 6 nitrogen and oxygen atoms in total. The molecule has 3 rings (SSSR count). The second-order valence-electron chi connectivity index (χ2n) is 6.66. The monoisotopic (exact) mass is 302 g/mol. The molecule has 1 aliphatic heterocycles. The predicted molar refractivity (Wildman–Crippen MR) is 85.9 cm³/mol. The van der Waals surface area contributed by atoms with Crippen LogP contribution in [0.4, 0.5) is 10.7 Å². The second-order valence-corrected chi connectivity index (χ2v) is 6.66. The van der Waals surface area contributed by atoms with Crippen molar-refractivity contribution in [3.8, 4) is 0 Å². The van der Waals surface area contributed by atoms with E-state index in [0.29, 0.717) is 13.1 Å². The topological polar surface area (TPSA) is 70.2 Å². The number of amides is 1. The molecule has 2 N–H and O–H groups in total. The molecule has 1 aromatic carbocycles. The lowest BCUT2D eigenvalue weighted by Gasteiger charge is -2.24. The van der Waals surface area contributed by atoms with Crippen molar-refractivity contribution in [2.45, 2.75) is 38.8 Å². The number of para-hydroxylation sites is 2. The van der Waals surface area contributed by atoms with E-state index in [1.807, 2.05) is 45.0 Å². The molecule has 1 amide bonds. The van der Waals surface area contributed by atoms with Crippen molar-refractivity contribution in [1.82, 2.24) is 14.9 Å². The smallest absolute Gasteiger partial charge is 0.410 e. The zero-order valence-electron chi connectivity index (χ0n) is 13.2. The van der Waals surface area contributed by atoms with Gasteiger partial charge < -0.3 is 19.9 Å². The van der Waals surface area contributed by atoms with Gasteiger partial charge in [-0.05, 0) is 39.3 Å². The second kappa shape index (κ2) is 5.51. The number of imidazole rings is 1. The van der Waals surface area contributed by atoms with Crippen LogP contribution in [0, 0.1) is 0 Å². The number of aromatic nitrogens is 2. The van der Waals surface area contributed by atoms with Gasteiger partial charge in [0, 0.05) is 19.1 Å². The largest absolute Gasteiger partial charge is 0.444 e. The maximum Gasteiger partial charge on any atom is 0.410 e. The summed E-state index contributed by atoms with van der Waals surface area (Å²) in [5.41, 5.74) is 1.49. The summed E-state index contributed by atoms with van der Waals surface area (Å²) in [5.74, 6) is 0.747. The first kappa shape index (κ1) is 14.7. The molecule has 0 radical (unpaired) electrons. The van der Waals surface area contributed by atoms with Crippen LogP contribution < -0.4 is 5.32 Å². The molecule has 0 aliphatic carbocycles. The van der Waals surface area contributed by atoms with Gasteiger partial charge in [0.15, 0.2) is 0 Å². The van der Waals surface area contributed by atoms with E-state index in [1.165, 1.54) is 0 Å². The van der Waals surface area contributed by atoms with E-state index >= 15 is 0 Å². The van der Waals surface area contributed by atoms with Crippen LogP contribution in [-0.4, -0.2) is 45.7 Å². The van der Waals surface area contributed by atoms with Crippen molar-refractivity contribution in [3.05, 3.63) is 24.3 Å². The molecule has 1 aliphatic rings. The summed E-state index contributed by atoms with van der Waals surface area (Å²) in [7, 11) is 0. The Hall–Kier alpha value is -2.24. The highest BCUT2D eigenvalue weighted by atomic mass is 16.6. The lowest BCUT2D eigenvalue weighted by Crippen LogP contribution is -2.36. The first-order valence-corrected chi connectivity index (χ1v) is 7.60. The van der Waals surface area contributed by atoms with Crippen LogP contribution in [-0.2, 0) is 4.74 Å². The van der Waals surface area contributed by atoms with Crippen molar-refractivity contribution >= 4 is 23.1 Å². The third-order valence-electron chi connectivity index (χ3n) is 3.57. The summed E-state index contributed by atoms with van der Waals surface area (Å²) >= 11 is 0. The Morgan fingerprint density at radius 3 is 2.91 bits per heavy atom. The summed E-state index contributed by atoms with van der Waals surface area (Å²) in [4.78, 5) is 21.5. The van der Waals surface area contributed by atoms with E-state index in [4.69, 9.17) is 4.74 Å². The molecule has 0 saturated carbocycles. The van der Waals surface area contributed by atoms with Crippen LogP contribution >= 0.6 is 0 Å². The normalized spacial score (nSPS) is 18.7. The summed E-state index contributed by atoms with van der Waals surface area (Å²) in [6, 6.07) is 8.10. The Morgan fingerprint density at radius 1 is 1.41 bits per heavy atom. The van der Waals surface area contributed by atoms with Gasteiger partial charge in [-0.15, -0.1) is 0 Å². The Labute approximate surface area is 129 Å². The Bertz CT molecular complexity index is 641. The lowest BCUT2D eigenvalue weighted by atomic mass is 10.2. The number of benzene rings is 1. The van der Waals surface area contributed by atoms with Crippen LogP contribution in [0.1, 0.15) is 27.2 Å². The molecule has 6 heteroatoms. The molecule has 1 atom stereocenters. The van der Waals surface area contributed by atoms with Gasteiger partial charge in [0.25, 0.3) is 0 Å². The van der Waals surface area contributed by atoms with Crippen molar-refractivity contribution in [2.75, 3.05) is 18.4 Å². The third kappa shape index (κ3) is 3.32. The van der Waals surface area contributed by atoms with Gasteiger partial charge in [-0.1, -0.05) is 12.1 Å². The molecular formula is C16H22N4O2. The maximum atomic E-state index is 12.1. The Morgan fingerprint density at radius 2 is 2.18 bits per heavy atom. The molecule has 22 heavy (non-hydrogen) atoms. The van der Waals surface area contributed by atoms with Crippen LogP contribution in [0.25, 0.3) is 11.0 Å². The summed E-state index contributed by atoms with van der Waals surface area (Å²) in [6.07, 6.45) is 0.637. The van der Waals surface area contributed by atoms with Crippen LogP contribution in [0.3, 0.4) is 0 Å². The predicted octanol–water partition coefficient (Wildman–Crippen LogP) is 2.98. The van der Waals surface area contributed by atoms with Crippen molar-refractivity contribution in [2.24, 2.45) is 0 Å². The number of hydrogen-bond donors (Lipinski definition) is 2. The number of anilines is 1.